The Balaban J connectivity index is 2.46. The monoisotopic (exact) mass is 240 g/mol. The van der Waals surface area contributed by atoms with Gasteiger partial charge in [-0.15, -0.1) is 0 Å². The van der Waals surface area contributed by atoms with Crippen molar-refractivity contribution in [3.8, 4) is 11.5 Å². The van der Waals surface area contributed by atoms with Gasteiger partial charge < -0.3 is 10.2 Å². The van der Waals surface area contributed by atoms with E-state index in [0.717, 1.165) is 23.0 Å². The third kappa shape index (κ3) is 2.58. The molecule has 0 saturated heterocycles. The molecular formula is C15H12O3. The predicted octanol–water partition coefficient (Wildman–Crippen LogP) is 2.73. The number of allylic oxidation sites excluding steroid dienone is 1. The van der Waals surface area contributed by atoms with Crippen molar-refractivity contribution in [3.05, 3.63) is 65.7 Å². The van der Waals surface area contributed by atoms with Gasteiger partial charge in [0.2, 0.25) is 0 Å². The second-order valence-electron chi connectivity index (χ2n) is 3.81. The minimum atomic E-state index is 0.176. The number of carbonyl (C=O) groups is 1. The summed E-state index contributed by atoms with van der Waals surface area (Å²) in [4.78, 5) is 10.7. The van der Waals surface area contributed by atoms with Gasteiger partial charge in [0, 0.05) is 0 Å². The highest BCUT2D eigenvalue weighted by Gasteiger charge is 2.05. The molecule has 0 fully saturated rings. The average Bonchev–Trinajstić information content (AvgIpc) is 2.39. The largest absolute Gasteiger partial charge is 0.508 e. The molecule has 90 valence electrons. The summed E-state index contributed by atoms with van der Waals surface area (Å²) in [6.45, 7) is 0. The number of hydrogen-bond acceptors (Lipinski definition) is 3. The first kappa shape index (κ1) is 11.9. The maximum atomic E-state index is 10.7. The molecule has 2 aromatic carbocycles. The smallest absolute Gasteiger partial charge is 0.143 e. The molecule has 0 bridgehead atoms. The fraction of sp³-hybridized carbons (Fsp3) is 0. The molecule has 0 aliphatic rings. The van der Waals surface area contributed by atoms with E-state index in [1.165, 1.54) is 6.08 Å². The van der Waals surface area contributed by atoms with Crippen LogP contribution in [0.15, 0.2) is 54.6 Å². The topological polar surface area (TPSA) is 57.5 Å². The summed E-state index contributed by atoms with van der Waals surface area (Å²) in [5, 5.41) is 18.5. The van der Waals surface area contributed by atoms with Crippen LogP contribution in [0.3, 0.4) is 0 Å². The number of aldehydes is 1. The van der Waals surface area contributed by atoms with E-state index >= 15 is 0 Å². The minimum Gasteiger partial charge on any atom is -0.508 e. The quantitative estimate of drug-likeness (QED) is 0.640. The van der Waals surface area contributed by atoms with Crippen molar-refractivity contribution < 1.29 is 15.0 Å². The van der Waals surface area contributed by atoms with Crippen LogP contribution in [0, 0.1) is 0 Å². The van der Waals surface area contributed by atoms with Crippen LogP contribution in [0.5, 0.6) is 11.5 Å². The number of phenolic OH excluding ortho intramolecular Hbond substituents is 2. The molecule has 0 aromatic heterocycles. The molecule has 3 heteroatoms. The molecule has 0 unspecified atom stereocenters. The Morgan fingerprint density at radius 2 is 1.17 bits per heavy atom. The van der Waals surface area contributed by atoms with Crippen LogP contribution in [0.25, 0.3) is 5.57 Å². The summed E-state index contributed by atoms with van der Waals surface area (Å²) in [5.41, 5.74) is 2.39. The first-order chi connectivity index (χ1) is 8.70. The number of phenols is 2. The molecule has 0 aliphatic carbocycles. The predicted molar refractivity (Wildman–Crippen MR) is 69.4 cm³/mol. The molecule has 3 nitrogen and oxygen atoms in total. The maximum Gasteiger partial charge on any atom is 0.143 e. The van der Waals surface area contributed by atoms with Gasteiger partial charge in [-0.25, -0.2) is 0 Å². The standard InChI is InChI=1S/C15H12O3/c16-10-9-15(11-1-5-13(17)6-2-11)12-3-7-14(18)8-4-12/h1-10,17-18H. The third-order valence-corrected chi connectivity index (χ3v) is 2.59. The van der Waals surface area contributed by atoms with E-state index in [0.29, 0.717) is 0 Å². The van der Waals surface area contributed by atoms with Crippen molar-refractivity contribution in [1.82, 2.24) is 0 Å². The number of carbonyl (C=O) groups excluding carboxylic acids is 1. The van der Waals surface area contributed by atoms with E-state index in [-0.39, 0.29) is 11.5 Å². The van der Waals surface area contributed by atoms with Crippen molar-refractivity contribution in [2.24, 2.45) is 0 Å². The van der Waals surface area contributed by atoms with Gasteiger partial charge in [0.15, 0.2) is 0 Å². The highest BCUT2D eigenvalue weighted by atomic mass is 16.3. The van der Waals surface area contributed by atoms with Crippen molar-refractivity contribution in [1.29, 1.82) is 0 Å². The van der Waals surface area contributed by atoms with E-state index in [9.17, 15) is 15.0 Å². The first-order valence-corrected chi connectivity index (χ1v) is 5.45. The zero-order chi connectivity index (χ0) is 13.0. The molecule has 0 heterocycles. The van der Waals surface area contributed by atoms with E-state index in [4.69, 9.17) is 0 Å². The van der Waals surface area contributed by atoms with Gasteiger partial charge >= 0.3 is 0 Å². The molecule has 2 rings (SSSR count). The molecule has 0 aliphatic heterocycles. The molecule has 0 amide bonds. The zero-order valence-corrected chi connectivity index (χ0v) is 9.58. The third-order valence-electron chi connectivity index (χ3n) is 2.59. The second kappa shape index (κ2) is 5.19. The SMILES string of the molecule is O=CC=C(c1ccc(O)cc1)c1ccc(O)cc1. The van der Waals surface area contributed by atoms with Crippen molar-refractivity contribution in [2.75, 3.05) is 0 Å². The van der Waals surface area contributed by atoms with E-state index in [2.05, 4.69) is 0 Å². The van der Waals surface area contributed by atoms with Crippen molar-refractivity contribution in [3.63, 3.8) is 0 Å². The summed E-state index contributed by atoms with van der Waals surface area (Å²) in [5.74, 6) is 0.352. The fourth-order valence-corrected chi connectivity index (χ4v) is 1.71. The normalized spacial score (nSPS) is 9.78. The fourth-order valence-electron chi connectivity index (χ4n) is 1.71. The Kier molecular flexibility index (Phi) is 3.44. The Labute approximate surface area is 105 Å². The zero-order valence-electron chi connectivity index (χ0n) is 9.58. The van der Waals surface area contributed by atoms with Gasteiger partial charge in [0.05, 0.1) is 0 Å². The molecule has 2 N–H and O–H groups in total. The lowest BCUT2D eigenvalue weighted by Crippen LogP contribution is -1.88. The summed E-state index contributed by atoms with van der Waals surface area (Å²) >= 11 is 0. The van der Waals surface area contributed by atoms with Crippen LogP contribution in [0.2, 0.25) is 0 Å². The van der Waals surface area contributed by atoms with Crippen molar-refractivity contribution in [2.45, 2.75) is 0 Å². The molecule has 0 spiro atoms. The molecular weight excluding hydrogens is 228 g/mol. The number of rotatable bonds is 3. The molecule has 18 heavy (non-hydrogen) atoms. The van der Waals surface area contributed by atoms with Gasteiger partial charge in [-0.2, -0.15) is 0 Å². The Morgan fingerprint density at radius 3 is 1.50 bits per heavy atom. The van der Waals surface area contributed by atoms with Crippen LogP contribution in [-0.2, 0) is 4.79 Å². The van der Waals surface area contributed by atoms with E-state index in [1.807, 2.05) is 0 Å². The summed E-state index contributed by atoms with van der Waals surface area (Å²) in [7, 11) is 0. The Hall–Kier alpha value is -2.55. The van der Waals surface area contributed by atoms with Gasteiger partial charge in [-0.05, 0) is 47.0 Å². The van der Waals surface area contributed by atoms with Gasteiger partial charge in [0.1, 0.15) is 17.8 Å². The first-order valence-electron chi connectivity index (χ1n) is 5.45. The second-order valence-corrected chi connectivity index (χ2v) is 3.81. The molecule has 2 aromatic rings. The van der Waals surface area contributed by atoms with Crippen LogP contribution < -0.4 is 0 Å². The molecule has 0 atom stereocenters. The Morgan fingerprint density at radius 1 is 0.778 bits per heavy atom. The molecule has 0 saturated carbocycles. The number of benzene rings is 2. The van der Waals surface area contributed by atoms with Crippen LogP contribution in [0.4, 0.5) is 0 Å². The Bertz CT molecular complexity index is 518. The lowest BCUT2D eigenvalue weighted by Gasteiger charge is -2.07. The van der Waals surface area contributed by atoms with Gasteiger partial charge in [0.25, 0.3) is 0 Å². The minimum absolute atomic E-state index is 0.176. The highest BCUT2D eigenvalue weighted by Crippen LogP contribution is 2.25. The highest BCUT2D eigenvalue weighted by molar-refractivity contribution is 5.89. The summed E-state index contributed by atoms with van der Waals surface area (Å²) in [6.07, 6.45) is 2.17. The summed E-state index contributed by atoms with van der Waals surface area (Å²) in [6, 6.07) is 13.2. The summed E-state index contributed by atoms with van der Waals surface area (Å²) < 4.78 is 0. The lowest BCUT2D eigenvalue weighted by molar-refractivity contribution is -0.104. The van der Waals surface area contributed by atoms with E-state index < -0.39 is 0 Å². The average molecular weight is 240 g/mol. The van der Waals surface area contributed by atoms with E-state index in [1.54, 1.807) is 48.5 Å². The number of aromatic hydroxyl groups is 2. The maximum absolute atomic E-state index is 10.7. The van der Waals surface area contributed by atoms with Crippen LogP contribution >= 0.6 is 0 Å². The van der Waals surface area contributed by atoms with Crippen LogP contribution in [-0.4, -0.2) is 16.5 Å². The molecule has 0 radical (unpaired) electrons. The van der Waals surface area contributed by atoms with Crippen molar-refractivity contribution >= 4 is 11.9 Å². The number of hydrogen-bond donors (Lipinski definition) is 2. The van der Waals surface area contributed by atoms with Gasteiger partial charge in [-0.3, -0.25) is 4.79 Å². The lowest BCUT2D eigenvalue weighted by atomic mass is 9.97. The van der Waals surface area contributed by atoms with Gasteiger partial charge in [-0.1, -0.05) is 24.3 Å². The van der Waals surface area contributed by atoms with Crippen LogP contribution in [0.1, 0.15) is 11.1 Å².